The van der Waals surface area contributed by atoms with Crippen molar-refractivity contribution in [2.75, 3.05) is 12.3 Å². The largest absolute Gasteiger partial charge is 0.480 e. The lowest BCUT2D eigenvalue weighted by atomic mass is 10.1. The number of unbranched alkanes of at least 4 members (excludes halogenated alkanes) is 1. The van der Waals surface area contributed by atoms with Crippen molar-refractivity contribution >= 4 is 30.4 Å². The van der Waals surface area contributed by atoms with E-state index in [4.69, 9.17) is 16.6 Å². The first kappa shape index (κ1) is 19.7. The topological polar surface area (TPSA) is 148 Å². The van der Waals surface area contributed by atoms with Gasteiger partial charge in [0.1, 0.15) is 12.1 Å². The number of amides is 2. The van der Waals surface area contributed by atoms with Gasteiger partial charge in [-0.3, -0.25) is 14.4 Å². The Hall–Kier alpha value is -1.32. The molecule has 0 aliphatic rings. The molecule has 21 heavy (non-hydrogen) atoms. The Morgan fingerprint density at radius 3 is 2.29 bits per heavy atom. The molecule has 0 aromatic heterocycles. The van der Waals surface area contributed by atoms with Gasteiger partial charge in [-0.25, -0.2) is 0 Å². The Bertz CT molecular complexity index is 367. The third-order valence-electron chi connectivity index (χ3n) is 2.84. The van der Waals surface area contributed by atoms with Crippen LogP contribution >= 0.6 is 12.6 Å². The van der Waals surface area contributed by atoms with Gasteiger partial charge in [0.05, 0.1) is 6.04 Å². The second kappa shape index (κ2) is 10.4. The molecule has 0 radical (unpaired) electrons. The van der Waals surface area contributed by atoms with Crippen molar-refractivity contribution in [3.8, 4) is 0 Å². The minimum atomic E-state index is -1.15. The minimum Gasteiger partial charge on any atom is -0.480 e. The molecule has 3 atom stereocenters. The summed E-state index contributed by atoms with van der Waals surface area (Å²) < 4.78 is 0. The summed E-state index contributed by atoms with van der Waals surface area (Å²) in [5, 5.41) is 13.6. The van der Waals surface area contributed by atoms with E-state index in [9.17, 15) is 14.4 Å². The summed E-state index contributed by atoms with van der Waals surface area (Å²) >= 11 is 3.92. The van der Waals surface area contributed by atoms with Gasteiger partial charge in [-0.1, -0.05) is 0 Å². The molecular weight excluding hydrogens is 296 g/mol. The van der Waals surface area contributed by atoms with E-state index in [-0.39, 0.29) is 5.75 Å². The molecule has 0 heterocycles. The highest BCUT2D eigenvalue weighted by atomic mass is 32.1. The van der Waals surface area contributed by atoms with Crippen LogP contribution in [0.25, 0.3) is 0 Å². The van der Waals surface area contributed by atoms with Crippen molar-refractivity contribution in [3.05, 3.63) is 0 Å². The van der Waals surface area contributed by atoms with Crippen molar-refractivity contribution in [3.63, 3.8) is 0 Å². The summed E-state index contributed by atoms with van der Waals surface area (Å²) in [6.45, 7) is 1.82. The molecule has 8 nitrogen and oxygen atoms in total. The number of nitrogens with two attached hydrogens (primary N) is 2. The lowest BCUT2D eigenvalue weighted by molar-refractivity contribution is -0.141. The van der Waals surface area contributed by atoms with Crippen LogP contribution in [0.5, 0.6) is 0 Å². The molecular formula is C12H24N4O4S. The fourth-order valence-electron chi connectivity index (χ4n) is 1.50. The Morgan fingerprint density at radius 1 is 1.19 bits per heavy atom. The average molecular weight is 320 g/mol. The van der Waals surface area contributed by atoms with E-state index >= 15 is 0 Å². The maximum Gasteiger partial charge on any atom is 0.325 e. The Morgan fingerprint density at radius 2 is 1.81 bits per heavy atom. The molecule has 0 saturated carbocycles. The summed E-state index contributed by atoms with van der Waals surface area (Å²) in [5.41, 5.74) is 10.9. The first-order chi connectivity index (χ1) is 9.83. The second-order valence-electron chi connectivity index (χ2n) is 4.70. The Labute approximate surface area is 129 Å². The van der Waals surface area contributed by atoms with Crippen molar-refractivity contribution < 1.29 is 19.5 Å². The highest BCUT2D eigenvalue weighted by molar-refractivity contribution is 7.80. The van der Waals surface area contributed by atoms with Crippen LogP contribution in [0.15, 0.2) is 0 Å². The zero-order chi connectivity index (χ0) is 16.4. The van der Waals surface area contributed by atoms with E-state index in [2.05, 4.69) is 23.3 Å². The van der Waals surface area contributed by atoms with Crippen molar-refractivity contribution in [2.45, 2.75) is 44.3 Å². The zero-order valence-corrected chi connectivity index (χ0v) is 12.9. The molecule has 9 heteroatoms. The molecule has 0 rings (SSSR count). The molecule has 3 unspecified atom stereocenters. The lowest BCUT2D eigenvalue weighted by Crippen LogP contribution is -2.54. The number of thiol groups is 1. The number of hydrogen-bond acceptors (Lipinski definition) is 6. The molecule has 2 amide bonds. The molecule has 0 saturated heterocycles. The van der Waals surface area contributed by atoms with Crippen LogP contribution in [-0.4, -0.2) is 53.3 Å². The maximum absolute atomic E-state index is 12.0. The quantitative estimate of drug-likeness (QED) is 0.212. The highest BCUT2D eigenvalue weighted by Gasteiger charge is 2.25. The number of carbonyl (C=O) groups is 3. The number of aliphatic carboxylic acids is 1. The summed E-state index contributed by atoms with van der Waals surface area (Å²) in [5.74, 6) is -2.06. The van der Waals surface area contributed by atoms with Gasteiger partial charge < -0.3 is 27.2 Å². The maximum atomic E-state index is 12.0. The van der Waals surface area contributed by atoms with Crippen LogP contribution in [0.2, 0.25) is 0 Å². The van der Waals surface area contributed by atoms with Gasteiger partial charge in [0.15, 0.2) is 0 Å². The third-order valence-corrected chi connectivity index (χ3v) is 3.24. The molecule has 7 N–H and O–H groups in total. The van der Waals surface area contributed by atoms with Gasteiger partial charge in [0.2, 0.25) is 11.8 Å². The predicted molar refractivity (Wildman–Crippen MR) is 81.9 cm³/mol. The van der Waals surface area contributed by atoms with E-state index in [1.54, 1.807) is 0 Å². The van der Waals surface area contributed by atoms with Crippen LogP contribution in [-0.2, 0) is 14.4 Å². The van der Waals surface area contributed by atoms with Gasteiger partial charge in [-0.15, -0.1) is 0 Å². The van der Waals surface area contributed by atoms with Crippen LogP contribution < -0.4 is 22.1 Å². The highest BCUT2D eigenvalue weighted by Crippen LogP contribution is 2.02. The standard InChI is InChI=1S/C12H24N4O4S/c1-7(12(19)20)15-11(18)9(4-2-3-5-13)16-10(17)8(14)6-21/h7-9,21H,2-6,13-14H2,1H3,(H,15,18)(H,16,17)(H,19,20). The molecule has 0 aromatic carbocycles. The van der Waals surface area contributed by atoms with Crippen LogP contribution in [0.3, 0.4) is 0 Å². The van der Waals surface area contributed by atoms with Crippen molar-refractivity contribution in [1.29, 1.82) is 0 Å². The number of hydrogen-bond donors (Lipinski definition) is 6. The van der Waals surface area contributed by atoms with Gasteiger partial charge in [0, 0.05) is 5.75 Å². The van der Waals surface area contributed by atoms with Gasteiger partial charge >= 0.3 is 5.97 Å². The average Bonchev–Trinajstić information content (AvgIpc) is 2.44. The number of carboxylic acid groups (broad SMARTS) is 1. The summed E-state index contributed by atoms with van der Waals surface area (Å²) in [7, 11) is 0. The monoisotopic (exact) mass is 320 g/mol. The number of carboxylic acids is 1. The zero-order valence-electron chi connectivity index (χ0n) is 12.0. The van der Waals surface area contributed by atoms with Crippen LogP contribution in [0.4, 0.5) is 0 Å². The number of nitrogens with one attached hydrogen (secondary N) is 2. The summed E-state index contributed by atoms with van der Waals surface area (Å²) in [6, 6.07) is -2.70. The van der Waals surface area contributed by atoms with E-state index in [0.717, 1.165) is 0 Å². The van der Waals surface area contributed by atoms with Gasteiger partial charge in [-0.2, -0.15) is 12.6 Å². The lowest BCUT2D eigenvalue weighted by Gasteiger charge is -2.21. The van der Waals surface area contributed by atoms with E-state index in [1.807, 2.05) is 0 Å². The van der Waals surface area contributed by atoms with Crippen LogP contribution in [0, 0.1) is 0 Å². The number of carbonyl (C=O) groups excluding carboxylic acids is 2. The molecule has 0 aliphatic carbocycles. The summed E-state index contributed by atoms with van der Waals surface area (Å²) in [6.07, 6.45) is 1.69. The minimum absolute atomic E-state index is 0.147. The first-order valence-electron chi connectivity index (χ1n) is 6.73. The Kier molecular flexibility index (Phi) is 9.76. The third kappa shape index (κ3) is 7.88. The summed E-state index contributed by atoms with van der Waals surface area (Å²) in [4.78, 5) is 34.5. The molecule has 0 aliphatic heterocycles. The Balaban J connectivity index is 4.67. The fraction of sp³-hybridized carbons (Fsp3) is 0.750. The number of rotatable bonds is 10. The molecule has 0 fully saturated rings. The molecule has 0 spiro atoms. The normalized spacial score (nSPS) is 14.9. The van der Waals surface area contributed by atoms with E-state index in [0.29, 0.717) is 25.8 Å². The molecule has 122 valence electrons. The molecule has 0 aromatic rings. The SMILES string of the molecule is CC(NC(=O)C(CCCCN)NC(=O)C(N)CS)C(=O)O. The van der Waals surface area contributed by atoms with Crippen molar-refractivity contribution in [1.82, 2.24) is 10.6 Å². The first-order valence-corrected chi connectivity index (χ1v) is 7.36. The van der Waals surface area contributed by atoms with E-state index in [1.165, 1.54) is 6.92 Å². The smallest absolute Gasteiger partial charge is 0.325 e. The van der Waals surface area contributed by atoms with Gasteiger partial charge in [-0.05, 0) is 32.7 Å². The van der Waals surface area contributed by atoms with Gasteiger partial charge in [0.25, 0.3) is 0 Å². The van der Waals surface area contributed by atoms with E-state index < -0.39 is 35.9 Å². The predicted octanol–water partition coefficient (Wildman–Crippen LogP) is -1.55. The fourth-order valence-corrected chi connectivity index (χ4v) is 1.66. The van der Waals surface area contributed by atoms with Crippen LogP contribution in [0.1, 0.15) is 26.2 Å². The second-order valence-corrected chi connectivity index (χ2v) is 5.07. The molecule has 0 bridgehead atoms. The van der Waals surface area contributed by atoms with Crippen molar-refractivity contribution in [2.24, 2.45) is 11.5 Å².